The van der Waals surface area contributed by atoms with Gasteiger partial charge in [0.2, 0.25) is 5.95 Å². The highest BCUT2D eigenvalue weighted by Gasteiger charge is 2.31. The highest BCUT2D eigenvalue weighted by molar-refractivity contribution is 5.97. The van der Waals surface area contributed by atoms with E-state index in [1.807, 2.05) is 13.8 Å². The molecular formula is C19H20F3N7O. The van der Waals surface area contributed by atoms with Gasteiger partial charge in [0, 0.05) is 31.5 Å². The molecular weight excluding hydrogens is 399 g/mol. The number of nitrogens with zero attached hydrogens (tertiary/aromatic N) is 6. The highest BCUT2D eigenvalue weighted by atomic mass is 19.4. The van der Waals surface area contributed by atoms with Gasteiger partial charge in [-0.3, -0.25) is 4.79 Å². The van der Waals surface area contributed by atoms with Crippen molar-refractivity contribution in [2.45, 2.75) is 26.1 Å². The number of alkyl halides is 3. The van der Waals surface area contributed by atoms with Gasteiger partial charge in [0.05, 0.1) is 29.2 Å². The van der Waals surface area contributed by atoms with E-state index in [9.17, 15) is 18.0 Å². The smallest absolute Gasteiger partial charge is 0.352 e. The van der Waals surface area contributed by atoms with Crippen LogP contribution in [0.3, 0.4) is 0 Å². The van der Waals surface area contributed by atoms with Gasteiger partial charge in [-0.1, -0.05) is 12.1 Å². The van der Waals surface area contributed by atoms with Gasteiger partial charge < -0.3 is 10.2 Å². The van der Waals surface area contributed by atoms with E-state index >= 15 is 0 Å². The lowest BCUT2D eigenvalue weighted by Crippen LogP contribution is -2.42. The standard InChI is InChI=1S/C19H20F3N7O/c1-3-28(13(2)10-23-18-24-11-14(12-25-18)19(20,21)22)17(30)15-6-4-5-7-16(15)29-26-8-9-27-29/h4-9,11-13H,3,10H2,1-2H3,(H,23,24,25)/t13-/m0/s1. The summed E-state index contributed by atoms with van der Waals surface area (Å²) in [6.07, 6.45) is -0.00881. The van der Waals surface area contributed by atoms with Crippen LogP contribution in [0, 0.1) is 0 Å². The van der Waals surface area contributed by atoms with Crippen LogP contribution in [-0.2, 0) is 6.18 Å². The second-order valence-electron chi connectivity index (χ2n) is 6.45. The van der Waals surface area contributed by atoms with Crippen molar-refractivity contribution in [1.29, 1.82) is 0 Å². The minimum atomic E-state index is -4.49. The topological polar surface area (TPSA) is 88.8 Å². The molecule has 1 atom stereocenters. The maximum absolute atomic E-state index is 13.2. The summed E-state index contributed by atoms with van der Waals surface area (Å²) in [6, 6.07) is 6.71. The zero-order chi connectivity index (χ0) is 21.7. The van der Waals surface area contributed by atoms with Crippen molar-refractivity contribution in [1.82, 2.24) is 29.9 Å². The molecule has 0 fully saturated rings. The van der Waals surface area contributed by atoms with Crippen LogP contribution in [0.4, 0.5) is 19.1 Å². The molecule has 1 amide bonds. The van der Waals surface area contributed by atoms with Crippen molar-refractivity contribution < 1.29 is 18.0 Å². The van der Waals surface area contributed by atoms with E-state index in [2.05, 4.69) is 25.5 Å². The summed E-state index contributed by atoms with van der Waals surface area (Å²) in [5.41, 5.74) is 0.0701. The predicted molar refractivity (Wildman–Crippen MR) is 103 cm³/mol. The molecule has 0 spiro atoms. The number of carbonyl (C=O) groups excluding carboxylic acids is 1. The first-order valence-electron chi connectivity index (χ1n) is 9.21. The minimum absolute atomic E-state index is 0.0551. The number of carbonyl (C=O) groups is 1. The number of halogens is 3. The summed E-state index contributed by atoms with van der Waals surface area (Å²) in [4.78, 5) is 23.6. The van der Waals surface area contributed by atoms with Crippen LogP contribution in [0.1, 0.15) is 29.8 Å². The van der Waals surface area contributed by atoms with Crippen LogP contribution < -0.4 is 5.32 Å². The van der Waals surface area contributed by atoms with Gasteiger partial charge in [-0.15, -0.1) is 0 Å². The van der Waals surface area contributed by atoms with Crippen LogP contribution in [0.2, 0.25) is 0 Å². The number of nitrogens with one attached hydrogen (secondary N) is 1. The summed E-state index contributed by atoms with van der Waals surface area (Å²) in [6.45, 7) is 4.36. The Morgan fingerprint density at radius 2 is 1.80 bits per heavy atom. The van der Waals surface area contributed by atoms with E-state index in [1.54, 1.807) is 29.2 Å². The van der Waals surface area contributed by atoms with Crippen molar-refractivity contribution in [3.63, 3.8) is 0 Å². The summed E-state index contributed by atoms with van der Waals surface area (Å²) in [7, 11) is 0. The third kappa shape index (κ3) is 4.73. The number of para-hydroxylation sites is 1. The van der Waals surface area contributed by atoms with Crippen molar-refractivity contribution >= 4 is 11.9 Å². The largest absolute Gasteiger partial charge is 0.419 e. The second kappa shape index (κ2) is 8.89. The first-order valence-corrected chi connectivity index (χ1v) is 9.21. The average Bonchev–Trinajstić information content (AvgIpc) is 3.27. The molecule has 0 radical (unpaired) electrons. The molecule has 0 bridgehead atoms. The summed E-state index contributed by atoms with van der Waals surface area (Å²) in [5, 5.41) is 11.0. The van der Waals surface area contributed by atoms with Gasteiger partial charge in [0.25, 0.3) is 5.91 Å². The van der Waals surface area contributed by atoms with Gasteiger partial charge in [-0.2, -0.15) is 28.2 Å². The normalized spacial score (nSPS) is 12.4. The Morgan fingerprint density at radius 1 is 1.17 bits per heavy atom. The number of rotatable bonds is 7. The molecule has 3 rings (SSSR count). The molecule has 0 aliphatic carbocycles. The molecule has 2 heterocycles. The minimum Gasteiger partial charge on any atom is -0.352 e. The monoisotopic (exact) mass is 419 g/mol. The Morgan fingerprint density at radius 3 is 2.40 bits per heavy atom. The third-order valence-electron chi connectivity index (χ3n) is 4.44. The lowest BCUT2D eigenvalue weighted by Gasteiger charge is -2.29. The maximum Gasteiger partial charge on any atom is 0.419 e. The molecule has 0 unspecified atom stereocenters. The molecule has 3 aromatic rings. The van der Waals surface area contributed by atoms with Crippen LogP contribution in [-0.4, -0.2) is 54.9 Å². The molecule has 30 heavy (non-hydrogen) atoms. The van der Waals surface area contributed by atoms with Gasteiger partial charge in [-0.05, 0) is 26.0 Å². The second-order valence-corrected chi connectivity index (χ2v) is 6.45. The first-order chi connectivity index (χ1) is 14.3. The Kier molecular flexibility index (Phi) is 6.28. The number of anilines is 1. The quantitative estimate of drug-likeness (QED) is 0.633. The number of hydrogen-bond donors (Lipinski definition) is 1. The fraction of sp³-hybridized carbons (Fsp3) is 0.316. The fourth-order valence-corrected chi connectivity index (χ4v) is 2.89. The van der Waals surface area contributed by atoms with Crippen molar-refractivity contribution in [2.24, 2.45) is 0 Å². The first kappa shape index (κ1) is 21.2. The lowest BCUT2D eigenvalue weighted by molar-refractivity contribution is -0.138. The number of aromatic nitrogens is 5. The highest BCUT2D eigenvalue weighted by Crippen LogP contribution is 2.28. The molecule has 11 heteroatoms. The fourth-order valence-electron chi connectivity index (χ4n) is 2.89. The van der Waals surface area contributed by atoms with E-state index < -0.39 is 11.7 Å². The summed E-state index contributed by atoms with van der Waals surface area (Å²) >= 11 is 0. The van der Waals surface area contributed by atoms with Crippen molar-refractivity contribution in [2.75, 3.05) is 18.4 Å². The number of hydrogen-bond acceptors (Lipinski definition) is 6. The lowest BCUT2D eigenvalue weighted by atomic mass is 10.1. The SMILES string of the molecule is CCN(C(=O)c1ccccc1-n1nccn1)[C@@H](C)CNc1ncc(C(F)(F)F)cn1. The molecule has 2 aromatic heterocycles. The van der Waals surface area contributed by atoms with E-state index in [4.69, 9.17) is 0 Å². The zero-order valence-electron chi connectivity index (χ0n) is 16.3. The van der Waals surface area contributed by atoms with Crippen molar-refractivity contribution in [3.05, 3.63) is 60.2 Å². The van der Waals surface area contributed by atoms with Crippen molar-refractivity contribution in [3.8, 4) is 5.69 Å². The van der Waals surface area contributed by atoms with Gasteiger partial charge in [-0.25, -0.2) is 9.97 Å². The molecule has 1 N–H and O–H groups in total. The maximum atomic E-state index is 13.2. The number of likely N-dealkylation sites (N-methyl/N-ethyl adjacent to an activating group) is 1. The zero-order valence-corrected chi connectivity index (χ0v) is 16.3. The molecule has 8 nitrogen and oxygen atoms in total. The number of benzene rings is 1. The molecule has 0 aliphatic heterocycles. The van der Waals surface area contributed by atoms with E-state index in [-0.39, 0.29) is 24.4 Å². The Labute approximate surface area is 170 Å². The predicted octanol–water partition coefficient (Wildman–Crippen LogP) is 3.04. The Hall–Kier alpha value is -3.50. The molecule has 1 aromatic carbocycles. The average molecular weight is 419 g/mol. The molecule has 158 valence electrons. The molecule has 0 saturated heterocycles. The van der Waals surface area contributed by atoms with Crippen LogP contribution in [0.15, 0.2) is 49.1 Å². The Balaban J connectivity index is 1.71. The summed E-state index contributed by atoms with van der Waals surface area (Å²) in [5.74, 6) is -0.160. The third-order valence-corrected chi connectivity index (χ3v) is 4.44. The van der Waals surface area contributed by atoms with Crippen LogP contribution >= 0.6 is 0 Å². The van der Waals surface area contributed by atoms with Crippen LogP contribution in [0.25, 0.3) is 5.69 Å². The van der Waals surface area contributed by atoms with Crippen LogP contribution in [0.5, 0.6) is 0 Å². The Bertz CT molecular complexity index is 975. The van der Waals surface area contributed by atoms with Gasteiger partial charge in [0.1, 0.15) is 0 Å². The molecule has 0 aliphatic rings. The number of amides is 1. The van der Waals surface area contributed by atoms with Gasteiger partial charge >= 0.3 is 6.18 Å². The van der Waals surface area contributed by atoms with E-state index in [1.165, 1.54) is 17.2 Å². The van der Waals surface area contributed by atoms with E-state index in [0.717, 1.165) is 12.4 Å². The van der Waals surface area contributed by atoms with Gasteiger partial charge in [0.15, 0.2) is 0 Å². The van der Waals surface area contributed by atoms with E-state index in [0.29, 0.717) is 17.8 Å². The summed E-state index contributed by atoms with van der Waals surface area (Å²) < 4.78 is 37.8. The molecule has 0 saturated carbocycles.